The van der Waals surface area contributed by atoms with Crippen LogP contribution >= 0.6 is 0 Å². The van der Waals surface area contributed by atoms with Crippen molar-refractivity contribution in [2.24, 2.45) is 0 Å². The fourth-order valence-corrected chi connectivity index (χ4v) is 4.96. The number of halogens is 3. The maximum absolute atomic E-state index is 13.4. The lowest BCUT2D eigenvalue weighted by molar-refractivity contribution is -0.153. The molecule has 3 aromatic rings. The molecule has 0 radical (unpaired) electrons. The molecule has 40 heavy (non-hydrogen) atoms. The SMILES string of the molecule is CN(CCOC(=O)OC1CCOCC1)C(=O)n1c([S@](=O)Cc2cc(OCC(F)(F)F)ccn2)nc2ccccc21. The number of carbonyl (C=O) groups excluding carboxylic acids is 2. The number of likely N-dealkylation sites (N-methyl/N-ethyl adjacent to an activating group) is 1. The van der Waals surface area contributed by atoms with Crippen LogP contribution in [0.5, 0.6) is 5.75 Å². The standard InChI is InChI=1S/C25H27F3N4O7S/c1-31(10-13-37-24(34)39-18-7-11-36-12-8-18)23(33)32-21-5-3-2-4-20(21)30-22(32)40(35)15-17-14-19(6-9-29-17)38-16-25(26,27)28/h2-6,9,14,18H,7-8,10-13,15-16H2,1H3/t40-/m1/s1. The smallest absolute Gasteiger partial charge is 0.484 e. The number of para-hydroxylation sites is 2. The van der Waals surface area contributed by atoms with Crippen molar-refractivity contribution >= 4 is 34.0 Å². The maximum atomic E-state index is 13.4. The van der Waals surface area contributed by atoms with E-state index in [-0.39, 0.29) is 41.6 Å². The second kappa shape index (κ2) is 13.1. The number of benzene rings is 1. The molecule has 11 nitrogen and oxygen atoms in total. The zero-order valence-corrected chi connectivity index (χ0v) is 22.3. The van der Waals surface area contributed by atoms with Gasteiger partial charge in [0.15, 0.2) is 6.61 Å². The lowest BCUT2D eigenvalue weighted by atomic mass is 10.2. The Morgan fingerprint density at radius 2 is 1.95 bits per heavy atom. The molecule has 1 aliphatic rings. The molecule has 0 aliphatic carbocycles. The minimum atomic E-state index is -4.51. The summed E-state index contributed by atoms with van der Waals surface area (Å²) < 4.78 is 72.4. The van der Waals surface area contributed by atoms with Gasteiger partial charge in [-0.1, -0.05) is 12.1 Å². The van der Waals surface area contributed by atoms with Gasteiger partial charge in [-0.3, -0.25) is 9.19 Å². The molecule has 0 bridgehead atoms. The lowest BCUT2D eigenvalue weighted by Crippen LogP contribution is -2.35. The molecule has 1 saturated heterocycles. The molecule has 4 rings (SSSR count). The second-order valence-corrected chi connectivity index (χ2v) is 10.2. The van der Waals surface area contributed by atoms with Gasteiger partial charge in [0.1, 0.15) is 18.5 Å². The van der Waals surface area contributed by atoms with Gasteiger partial charge in [0.05, 0.1) is 53.0 Å². The van der Waals surface area contributed by atoms with Crippen LogP contribution in [0.1, 0.15) is 18.5 Å². The summed E-state index contributed by atoms with van der Waals surface area (Å²) >= 11 is 0. The van der Waals surface area contributed by atoms with Crippen LogP contribution in [0, 0.1) is 0 Å². The van der Waals surface area contributed by atoms with Gasteiger partial charge in [0.25, 0.3) is 0 Å². The number of carbonyl (C=O) groups is 2. The van der Waals surface area contributed by atoms with Crippen LogP contribution in [0.25, 0.3) is 11.0 Å². The van der Waals surface area contributed by atoms with Crippen LogP contribution in [-0.2, 0) is 30.8 Å². The number of hydrogen-bond donors (Lipinski definition) is 0. The van der Waals surface area contributed by atoms with Crippen molar-refractivity contribution < 1.29 is 45.9 Å². The van der Waals surface area contributed by atoms with E-state index in [1.165, 1.54) is 34.8 Å². The van der Waals surface area contributed by atoms with Crippen molar-refractivity contribution in [3.8, 4) is 5.75 Å². The zero-order chi connectivity index (χ0) is 28.7. The molecule has 1 atom stereocenters. The fourth-order valence-electron chi connectivity index (χ4n) is 3.83. The van der Waals surface area contributed by atoms with Gasteiger partial charge in [-0.05, 0) is 18.2 Å². The Bertz CT molecular complexity index is 1360. The summed E-state index contributed by atoms with van der Waals surface area (Å²) in [7, 11) is -0.428. The summed E-state index contributed by atoms with van der Waals surface area (Å²) in [5.41, 5.74) is 1.01. The number of hydrogen-bond acceptors (Lipinski definition) is 9. The molecule has 0 saturated carbocycles. The molecule has 0 spiro atoms. The summed E-state index contributed by atoms with van der Waals surface area (Å²) in [4.78, 5) is 35.1. The average Bonchev–Trinajstić information content (AvgIpc) is 3.32. The average molecular weight is 585 g/mol. The van der Waals surface area contributed by atoms with E-state index in [4.69, 9.17) is 18.9 Å². The molecule has 15 heteroatoms. The Morgan fingerprint density at radius 1 is 1.20 bits per heavy atom. The predicted molar refractivity (Wildman–Crippen MR) is 135 cm³/mol. The van der Waals surface area contributed by atoms with Gasteiger partial charge in [0, 0.05) is 32.2 Å². The Hall–Kier alpha value is -3.72. The van der Waals surface area contributed by atoms with Crippen molar-refractivity contribution in [3.05, 3.63) is 48.3 Å². The maximum Gasteiger partial charge on any atom is 0.508 e. The monoisotopic (exact) mass is 584 g/mol. The third-order valence-corrected chi connectivity index (χ3v) is 7.04. The number of fused-ring (bicyclic) bond motifs is 1. The van der Waals surface area contributed by atoms with E-state index in [0.717, 1.165) is 0 Å². The summed E-state index contributed by atoms with van der Waals surface area (Å²) in [6.07, 6.45) is -3.21. The molecule has 0 N–H and O–H groups in total. The van der Waals surface area contributed by atoms with Crippen molar-refractivity contribution in [3.63, 3.8) is 0 Å². The lowest BCUT2D eigenvalue weighted by Gasteiger charge is -2.22. The normalized spacial score (nSPS) is 15.0. The minimum Gasteiger partial charge on any atom is -0.484 e. The van der Waals surface area contributed by atoms with E-state index in [9.17, 15) is 27.0 Å². The van der Waals surface area contributed by atoms with E-state index in [1.54, 1.807) is 24.3 Å². The van der Waals surface area contributed by atoms with Crippen molar-refractivity contribution in [1.82, 2.24) is 19.4 Å². The van der Waals surface area contributed by atoms with Crippen molar-refractivity contribution in [2.45, 2.75) is 36.0 Å². The highest BCUT2D eigenvalue weighted by Gasteiger charge is 2.29. The van der Waals surface area contributed by atoms with Gasteiger partial charge < -0.3 is 23.8 Å². The Kier molecular flexibility index (Phi) is 9.58. The highest BCUT2D eigenvalue weighted by Crippen LogP contribution is 2.23. The third kappa shape index (κ3) is 7.91. The number of pyridine rings is 1. The van der Waals surface area contributed by atoms with E-state index >= 15 is 0 Å². The van der Waals surface area contributed by atoms with Crippen molar-refractivity contribution in [2.75, 3.05) is 40.0 Å². The number of aromatic nitrogens is 3. The van der Waals surface area contributed by atoms with Gasteiger partial charge >= 0.3 is 18.4 Å². The van der Waals surface area contributed by atoms with Gasteiger partial charge in [0.2, 0.25) is 5.16 Å². The fraction of sp³-hybridized carbons (Fsp3) is 0.440. The number of amides is 1. The molecule has 1 amide bonds. The molecule has 216 valence electrons. The van der Waals surface area contributed by atoms with Crippen LogP contribution in [0.3, 0.4) is 0 Å². The molecule has 1 fully saturated rings. The topological polar surface area (TPSA) is 122 Å². The number of rotatable bonds is 9. The Labute approximate surface area is 229 Å². The van der Waals surface area contributed by atoms with Crippen LogP contribution < -0.4 is 4.74 Å². The molecule has 3 heterocycles. The summed E-state index contributed by atoms with van der Waals surface area (Å²) in [6.45, 7) is -0.590. The summed E-state index contributed by atoms with van der Waals surface area (Å²) in [5.74, 6) is -0.316. The van der Waals surface area contributed by atoms with Crippen molar-refractivity contribution in [1.29, 1.82) is 0 Å². The first kappa shape index (κ1) is 29.3. The number of nitrogens with zero attached hydrogens (tertiary/aromatic N) is 4. The van der Waals surface area contributed by atoms with E-state index in [2.05, 4.69) is 9.97 Å². The Balaban J connectivity index is 1.43. The molecule has 2 aromatic heterocycles. The largest absolute Gasteiger partial charge is 0.508 e. The first-order valence-electron chi connectivity index (χ1n) is 12.3. The molecule has 1 aromatic carbocycles. The number of ether oxygens (including phenoxy) is 4. The third-order valence-electron chi connectivity index (χ3n) is 5.80. The quantitative estimate of drug-likeness (QED) is 0.345. The van der Waals surface area contributed by atoms with E-state index < -0.39 is 35.8 Å². The predicted octanol–water partition coefficient (Wildman–Crippen LogP) is 3.91. The molecule has 0 unspecified atom stereocenters. The van der Waals surface area contributed by atoms with Crippen LogP contribution in [0.15, 0.2) is 47.8 Å². The second-order valence-electron chi connectivity index (χ2n) is 8.83. The van der Waals surface area contributed by atoms with E-state index in [0.29, 0.717) is 37.1 Å². The van der Waals surface area contributed by atoms with Gasteiger partial charge in [-0.15, -0.1) is 0 Å². The first-order chi connectivity index (χ1) is 19.1. The Morgan fingerprint density at radius 3 is 2.70 bits per heavy atom. The van der Waals surface area contributed by atoms with Crippen LogP contribution in [0.4, 0.5) is 22.8 Å². The van der Waals surface area contributed by atoms with Gasteiger partial charge in [-0.25, -0.2) is 19.1 Å². The summed E-state index contributed by atoms with van der Waals surface area (Å²) in [5, 5.41) is -0.0682. The molecular weight excluding hydrogens is 557 g/mol. The van der Waals surface area contributed by atoms with Gasteiger partial charge in [-0.2, -0.15) is 13.2 Å². The van der Waals surface area contributed by atoms with Crippen LogP contribution in [-0.4, -0.2) is 88.1 Å². The highest BCUT2D eigenvalue weighted by molar-refractivity contribution is 7.84. The zero-order valence-electron chi connectivity index (χ0n) is 21.5. The first-order valence-corrected chi connectivity index (χ1v) is 13.6. The minimum absolute atomic E-state index is 0.0143. The number of imidazole rings is 1. The number of alkyl halides is 3. The highest BCUT2D eigenvalue weighted by atomic mass is 32.2. The van der Waals surface area contributed by atoms with Crippen LogP contribution in [0.2, 0.25) is 0 Å². The van der Waals surface area contributed by atoms with E-state index in [1.807, 2.05) is 0 Å². The summed E-state index contributed by atoms with van der Waals surface area (Å²) in [6, 6.07) is 8.63. The molecule has 1 aliphatic heterocycles. The molecular formula is C25H27F3N4O7S.